The Morgan fingerprint density at radius 2 is 1.53 bits per heavy atom. The van der Waals surface area contributed by atoms with Gasteiger partial charge in [-0.2, -0.15) is 0 Å². The minimum absolute atomic E-state index is 0.156. The highest BCUT2D eigenvalue weighted by atomic mass is 16.6. The molecule has 0 aliphatic carbocycles. The third-order valence-corrected chi connectivity index (χ3v) is 7.21. The molecule has 4 heteroatoms. The van der Waals surface area contributed by atoms with Crippen LogP contribution in [0.15, 0.2) is 97.1 Å². The molecule has 0 unspecified atom stereocenters. The van der Waals surface area contributed by atoms with Gasteiger partial charge in [0.2, 0.25) is 0 Å². The number of carbonyl (C=O) groups excluding carboxylic acids is 1. The Morgan fingerprint density at radius 1 is 0.868 bits per heavy atom. The molecule has 1 atom stereocenters. The molecule has 1 amide bonds. The zero-order valence-corrected chi connectivity index (χ0v) is 22.8. The van der Waals surface area contributed by atoms with Crippen LogP contribution >= 0.6 is 0 Å². The second kappa shape index (κ2) is 11.3. The SMILES string of the molecule is CC(C)(C)OC(=O)N1CCC[C@@H]1Cc1cccc2ccc(N(Cc3ccccc3)Cc3ccccc3)cc12. The molecular weight excluding hydrogens is 468 g/mol. The Morgan fingerprint density at radius 3 is 2.16 bits per heavy atom. The Bertz CT molecular complexity index is 1320. The summed E-state index contributed by atoms with van der Waals surface area (Å²) in [5.74, 6) is 0. The van der Waals surface area contributed by atoms with Crippen molar-refractivity contribution in [1.82, 2.24) is 4.90 Å². The van der Waals surface area contributed by atoms with E-state index >= 15 is 0 Å². The average molecular weight is 507 g/mol. The smallest absolute Gasteiger partial charge is 0.410 e. The van der Waals surface area contributed by atoms with Gasteiger partial charge in [-0.05, 0) is 79.6 Å². The van der Waals surface area contributed by atoms with Crippen LogP contribution in [0.25, 0.3) is 10.8 Å². The number of hydrogen-bond donors (Lipinski definition) is 0. The van der Waals surface area contributed by atoms with Crippen LogP contribution in [0.3, 0.4) is 0 Å². The lowest BCUT2D eigenvalue weighted by Crippen LogP contribution is -2.40. The fourth-order valence-electron chi connectivity index (χ4n) is 5.41. The van der Waals surface area contributed by atoms with E-state index in [1.54, 1.807) is 0 Å². The molecule has 4 nitrogen and oxygen atoms in total. The van der Waals surface area contributed by atoms with Crippen molar-refractivity contribution in [2.45, 2.75) is 64.8 Å². The summed E-state index contributed by atoms with van der Waals surface area (Å²) < 4.78 is 5.72. The number of likely N-dealkylation sites (tertiary alicyclic amines) is 1. The fourth-order valence-corrected chi connectivity index (χ4v) is 5.41. The van der Waals surface area contributed by atoms with Crippen molar-refractivity contribution in [1.29, 1.82) is 0 Å². The van der Waals surface area contributed by atoms with Crippen molar-refractivity contribution >= 4 is 22.6 Å². The number of amides is 1. The number of benzene rings is 4. The predicted octanol–water partition coefficient (Wildman–Crippen LogP) is 7.99. The molecule has 1 aliphatic rings. The molecule has 0 radical (unpaired) electrons. The summed E-state index contributed by atoms with van der Waals surface area (Å²) in [7, 11) is 0. The molecule has 4 aromatic carbocycles. The van der Waals surface area contributed by atoms with Gasteiger partial charge in [-0.1, -0.05) is 84.9 Å². The van der Waals surface area contributed by atoms with E-state index in [-0.39, 0.29) is 12.1 Å². The van der Waals surface area contributed by atoms with Gasteiger partial charge in [-0.3, -0.25) is 0 Å². The molecule has 1 heterocycles. The molecule has 38 heavy (non-hydrogen) atoms. The zero-order valence-electron chi connectivity index (χ0n) is 22.8. The number of ether oxygens (including phenoxy) is 1. The third-order valence-electron chi connectivity index (χ3n) is 7.21. The first-order valence-electron chi connectivity index (χ1n) is 13.7. The summed E-state index contributed by atoms with van der Waals surface area (Å²) in [6, 6.07) is 34.8. The number of anilines is 1. The molecule has 1 saturated heterocycles. The van der Waals surface area contributed by atoms with Crippen LogP contribution in [0.2, 0.25) is 0 Å². The fraction of sp³-hybridized carbons (Fsp3) is 0.324. The van der Waals surface area contributed by atoms with E-state index in [2.05, 4.69) is 102 Å². The van der Waals surface area contributed by atoms with Crippen molar-refractivity contribution < 1.29 is 9.53 Å². The van der Waals surface area contributed by atoms with Crippen LogP contribution in [-0.4, -0.2) is 29.2 Å². The third kappa shape index (κ3) is 6.36. The minimum atomic E-state index is -0.487. The van der Waals surface area contributed by atoms with E-state index in [0.717, 1.165) is 38.9 Å². The van der Waals surface area contributed by atoms with E-state index in [1.807, 2.05) is 25.7 Å². The van der Waals surface area contributed by atoms with Gasteiger partial charge in [0.05, 0.1) is 0 Å². The van der Waals surface area contributed by atoms with Crippen molar-refractivity contribution in [2.75, 3.05) is 11.4 Å². The van der Waals surface area contributed by atoms with Crippen LogP contribution < -0.4 is 4.90 Å². The van der Waals surface area contributed by atoms with Crippen molar-refractivity contribution in [3.63, 3.8) is 0 Å². The first-order valence-corrected chi connectivity index (χ1v) is 13.7. The Hall–Kier alpha value is -3.79. The molecule has 1 aliphatic heterocycles. The van der Waals surface area contributed by atoms with Gasteiger partial charge in [-0.15, -0.1) is 0 Å². The molecule has 0 saturated carbocycles. The summed E-state index contributed by atoms with van der Waals surface area (Å²) in [4.78, 5) is 17.3. The van der Waals surface area contributed by atoms with E-state index in [1.165, 1.54) is 33.2 Å². The number of rotatable bonds is 7. The highest BCUT2D eigenvalue weighted by molar-refractivity contribution is 5.89. The molecule has 0 N–H and O–H groups in total. The normalized spacial score (nSPS) is 15.6. The van der Waals surface area contributed by atoms with Crippen LogP contribution in [0.5, 0.6) is 0 Å². The van der Waals surface area contributed by atoms with Gasteiger partial charge in [-0.25, -0.2) is 4.79 Å². The topological polar surface area (TPSA) is 32.8 Å². The van der Waals surface area contributed by atoms with Gasteiger partial charge in [0.15, 0.2) is 0 Å². The molecular formula is C34H38N2O2. The molecule has 0 bridgehead atoms. The lowest BCUT2D eigenvalue weighted by Gasteiger charge is -2.29. The highest BCUT2D eigenvalue weighted by Gasteiger charge is 2.32. The lowest BCUT2D eigenvalue weighted by molar-refractivity contribution is 0.0227. The summed E-state index contributed by atoms with van der Waals surface area (Å²) in [6.45, 7) is 8.21. The molecule has 0 aromatic heterocycles. The monoisotopic (exact) mass is 506 g/mol. The second-order valence-corrected chi connectivity index (χ2v) is 11.3. The van der Waals surface area contributed by atoms with Gasteiger partial charge >= 0.3 is 6.09 Å². The number of carbonyl (C=O) groups is 1. The maximum atomic E-state index is 12.9. The maximum absolute atomic E-state index is 12.9. The Labute approximate surface area is 226 Å². The first kappa shape index (κ1) is 25.8. The summed E-state index contributed by atoms with van der Waals surface area (Å²) in [5, 5.41) is 2.49. The zero-order chi connectivity index (χ0) is 26.5. The molecule has 196 valence electrons. The van der Waals surface area contributed by atoms with Gasteiger partial charge in [0.1, 0.15) is 5.60 Å². The van der Waals surface area contributed by atoms with E-state index < -0.39 is 5.60 Å². The van der Waals surface area contributed by atoms with Crippen molar-refractivity contribution in [2.24, 2.45) is 0 Å². The van der Waals surface area contributed by atoms with E-state index in [9.17, 15) is 4.79 Å². The van der Waals surface area contributed by atoms with Crippen molar-refractivity contribution in [3.05, 3.63) is 114 Å². The second-order valence-electron chi connectivity index (χ2n) is 11.3. The summed E-state index contributed by atoms with van der Waals surface area (Å²) in [6.07, 6.45) is 2.65. The molecule has 0 spiro atoms. The van der Waals surface area contributed by atoms with E-state index in [0.29, 0.717) is 0 Å². The van der Waals surface area contributed by atoms with E-state index in [4.69, 9.17) is 4.74 Å². The van der Waals surface area contributed by atoms with Gasteiger partial charge in [0.25, 0.3) is 0 Å². The maximum Gasteiger partial charge on any atom is 0.410 e. The molecule has 5 rings (SSSR count). The molecule has 1 fully saturated rings. The summed E-state index contributed by atoms with van der Waals surface area (Å²) in [5.41, 5.74) is 4.57. The number of fused-ring (bicyclic) bond motifs is 1. The average Bonchev–Trinajstić information content (AvgIpc) is 3.37. The van der Waals surface area contributed by atoms with Crippen molar-refractivity contribution in [3.8, 4) is 0 Å². The van der Waals surface area contributed by atoms with Crippen LogP contribution in [0, 0.1) is 0 Å². The lowest BCUT2D eigenvalue weighted by atomic mass is 9.97. The van der Waals surface area contributed by atoms with Gasteiger partial charge in [0, 0.05) is 31.4 Å². The standard InChI is InChI=1S/C34H38N2O2/c1-34(2,3)38-33(37)36-21-11-18-31(36)22-29-17-10-16-28-19-20-30(23-32(28)29)35(24-26-12-6-4-7-13-26)25-27-14-8-5-9-15-27/h4-10,12-17,19-20,23,31H,11,18,21-22,24-25H2,1-3H3/t31-/m1/s1. The first-order chi connectivity index (χ1) is 18.4. The highest BCUT2D eigenvalue weighted by Crippen LogP contribution is 2.31. The number of nitrogens with zero attached hydrogens (tertiary/aromatic N) is 2. The predicted molar refractivity (Wildman–Crippen MR) is 156 cm³/mol. The molecule has 4 aromatic rings. The largest absolute Gasteiger partial charge is 0.444 e. The van der Waals surface area contributed by atoms with Gasteiger partial charge < -0.3 is 14.5 Å². The Balaban J connectivity index is 1.45. The van der Waals surface area contributed by atoms with Crippen LogP contribution in [0.4, 0.5) is 10.5 Å². The Kier molecular flexibility index (Phi) is 7.69. The van der Waals surface area contributed by atoms with Crippen LogP contribution in [-0.2, 0) is 24.2 Å². The quantitative estimate of drug-likeness (QED) is 0.255. The van der Waals surface area contributed by atoms with Crippen LogP contribution in [0.1, 0.15) is 50.3 Å². The summed E-state index contributed by atoms with van der Waals surface area (Å²) >= 11 is 0. The minimum Gasteiger partial charge on any atom is -0.444 e. The number of hydrogen-bond acceptors (Lipinski definition) is 3.